The van der Waals surface area contributed by atoms with E-state index >= 15 is 0 Å². The zero-order valence-corrected chi connectivity index (χ0v) is 15.9. The first kappa shape index (κ1) is 18.9. The molecule has 2 N–H and O–H groups in total. The summed E-state index contributed by atoms with van der Waals surface area (Å²) in [6.45, 7) is 0.934. The molecule has 142 valence electrons. The Labute approximate surface area is 157 Å². The minimum atomic E-state index is -3.60. The van der Waals surface area contributed by atoms with E-state index < -0.39 is 10.0 Å². The quantitative estimate of drug-likeness (QED) is 0.634. The molecule has 3 rings (SSSR count). The molecular weight excluding hydrogens is 366 g/mol. The van der Waals surface area contributed by atoms with Crippen molar-refractivity contribution in [1.29, 1.82) is 0 Å². The van der Waals surface area contributed by atoms with Crippen molar-refractivity contribution in [3.63, 3.8) is 0 Å². The van der Waals surface area contributed by atoms with E-state index in [0.29, 0.717) is 13.1 Å². The standard InChI is InChI=1S/C18H21N5O3S/c1-19-27(25,26)16-10-17(22(2)13-16)18(24)20-11-14-6-3-4-7-15(14)12-23-9-5-8-21-23/h3-10,13,19H,11-12H2,1-2H3,(H,20,24). The summed E-state index contributed by atoms with van der Waals surface area (Å²) in [4.78, 5) is 12.6. The lowest BCUT2D eigenvalue weighted by molar-refractivity contribution is 0.0942. The predicted molar refractivity (Wildman–Crippen MR) is 101 cm³/mol. The zero-order chi connectivity index (χ0) is 19.4. The number of hydrogen-bond donors (Lipinski definition) is 2. The largest absolute Gasteiger partial charge is 0.347 e. The summed E-state index contributed by atoms with van der Waals surface area (Å²) in [5, 5.41) is 7.06. The predicted octanol–water partition coefficient (Wildman–Crippen LogP) is 1.11. The molecule has 1 amide bonds. The van der Waals surface area contributed by atoms with Gasteiger partial charge in [0.25, 0.3) is 5.91 Å². The maximum Gasteiger partial charge on any atom is 0.268 e. The molecule has 3 aromatic rings. The van der Waals surface area contributed by atoms with Crippen LogP contribution in [0.2, 0.25) is 0 Å². The maximum atomic E-state index is 12.5. The minimum Gasteiger partial charge on any atom is -0.347 e. The van der Waals surface area contributed by atoms with E-state index in [9.17, 15) is 13.2 Å². The van der Waals surface area contributed by atoms with Crippen LogP contribution in [0.5, 0.6) is 0 Å². The molecule has 8 nitrogen and oxygen atoms in total. The van der Waals surface area contributed by atoms with E-state index in [1.54, 1.807) is 13.2 Å². The average molecular weight is 387 g/mol. The third-order valence-corrected chi connectivity index (χ3v) is 5.62. The van der Waals surface area contributed by atoms with E-state index in [-0.39, 0.29) is 16.5 Å². The first-order valence-corrected chi connectivity index (χ1v) is 9.81. The molecule has 0 spiro atoms. The molecule has 0 aliphatic carbocycles. The molecule has 1 aromatic carbocycles. The molecular formula is C18H21N5O3S. The highest BCUT2D eigenvalue weighted by Crippen LogP contribution is 2.14. The summed E-state index contributed by atoms with van der Waals surface area (Å²) in [6, 6.07) is 11.0. The average Bonchev–Trinajstić information content (AvgIpc) is 3.30. The first-order chi connectivity index (χ1) is 12.9. The molecule has 9 heteroatoms. The van der Waals surface area contributed by atoms with Gasteiger partial charge in [-0.3, -0.25) is 9.48 Å². The van der Waals surface area contributed by atoms with E-state index in [1.165, 1.54) is 23.9 Å². The van der Waals surface area contributed by atoms with Crippen LogP contribution < -0.4 is 10.0 Å². The Hall–Kier alpha value is -2.91. The third kappa shape index (κ3) is 4.26. The van der Waals surface area contributed by atoms with E-state index in [2.05, 4.69) is 15.1 Å². The van der Waals surface area contributed by atoms with Gasteiger partial charge in [-0.15, -0.1) is 0 Å². The van der Waals surface area contributed by atoms with Crippen LogP contribution in [0.4, 0.5) is 0 Å². The Bertz CT molecular complexity index is 1040. The zero-order valence-electron chi connectivity index (χ0n) is 15.1. The number of aryl methyl sites for hydroxylation is 1. The second-order valence-electron chi connectivity index (χ2n) is 6.03. The Balaban J connectivity index is 1.73. The van der Waals surface area contributed by atoms with Crippen molar-refractivity contribution in [3.05, 3.63) is 71.8 Å². The van der Waals surface area contributed by atoms with Gasteiger partial charge in [0.15, 0.2) is 0 Å². The minimum absolute atomic E-state index is 0.0525. The second-order valence-corrected chi connectivity index (χ2v) is 7.92. The van der Waals surface area contributed by atoms with E-state index in [0.717, 1.165) is 11.1 Å². The number of carbonyl (C=O) groups excluding carboxylic acids is 1. The Morgan fingerprint density at radius 2 is 1.93 bits per heavy atom. The molecule has 0 aliphatic rings. The lowest BCUT2D eigenvalue weighted by Crippen LogP contribution is -2.25. The number of amides is 1. The van der Waals surface area contributed by atoms with Crippen molar-refractivity contribution in [2.24, 2.45) is 7.05 Å². The molecule has 0 fully saturated rings. The smallest absolute Gasteiger partial charge is 0.268 e. The van der Waals surface area contributed by atoms with E-state index in [1.807, 2.05) is 41.2 Å². The van der Waals surface area contributed by atoms with Crippen LogP contribution in [0.1, 0.15) is 21.6 Å². The maximum absolute atomic E-state index is 12.5. The van der Waals surface area contributed by atoms with Gasteiger partial charge in [-0.25, -0.2) is 13.1 Å². The molecule has 0 radical (unpaired) electrons. The summed E-state index contributed by atoms with van der Waals surface area (Å²) in [6.07, 6.45) is 5.01. The highest BCUT2D eigenvalue weighted by Gasteiger charge is 2.19. The van der Waals surface area contributed by atoms with E-state index in [4.69, 9.17) is 0 Å². The number of rotatable bonds is 7. The monoisotopic (exact) mass is 387 g/mol. The summed E-state index contributed by atoms with van der Waals surface area (Å²) in [7, 11) is -0.631. The van der Waals surface area contributed by atoms with Crippen molar-refractivity contribution < 1.29 is 13.2 Å². The molecule has 2 heterocycles. The molecule has 0 bridgehead atoms. The van der Waals surface area contributed by atoms with Crippen molar-refractivity contribution in [2.45, 2.75) is 18.0 Å². The topological polar surface area (TPSA) is 98.0 Å². The highest BCUT2D eigenvalue weighted by atomic mass is 32.2. The fourth-order valence-corrected chi connectivity index (χ4v) is 3.54. The van der Waals surface area contributed by atoms with Crippen LogP contribution in [0.15, 0.2) is 59.9 Å². The van der Waals surface area contributed by atoms with Crippen LogP contribution in [0.25, 0.3) is 0 Å². The normalized spacial score (nSPS) is 11.5. The Morgan fingerprint density at radius 1 is 1.19 bits per heavy atom. The highest BCUT2D eigenvalue weighted by molar-refractivity contribution is 7.89. The third-order valence-electron chi connectivity index (χ3n) is 4.24. The lowest BCUT2D eigenvalue weighted by Gasteiger charge is -2.11. The summed E-state index contributed by atoms with van der Waals surface area (Å²) in [5.41, 5.74) is 2.29. The van der Waals surface area contributed by atoms with Gasteiger partial charge >= 0.3 is 0 Å². The molecule has 0 aliphatic heterocycles. The van der Waals surface area contributed by atoms with Gasteiger partial charge in [-0.05, 0) is 30.3 Å². The molecule has 0 saturated carbocycles. The lowest BCUT2D eigenvalue weighted by atomic mass is 10.1. The number of sulfonamides is 1. The van der Waals surface area contributed by atoms with Crippen molar-refractivity contribution in [2.75, 3.05) is 7.05 Å². The fourth-order valence-electron chi connectivity index (χ4n) is 2.74. The summed E-state index contributed by atoms with van der Waals surface area (Å²) in [5.74, 6) is -0.344. The van der Waals surface area contributed by atoms with Crippen LogP contribution in [-0.4, -0.2) is 35.7 Å². The molecule has 0 saturated heterocycles. The van der Waals surface area contributed by atoms with Crippen LogP contribution in [-0.2, 0) is 30.2 Å². The number of benzene rings is 1. The van der Waals surface area contributed by atoms with Crippen molar-refractivity contribution in [1.82, 2.24) is 24.4 Å². The Morgan fingerprint density at radius 3 is 2.59 bits per heavy atom. The second kappa shape index (κ2) is 7.77. The molecule has 27 heavy (non-hydrogen) atoms. The van der Waals surface area contributed by atoms with Crippen LogP contribution >= 0.6 is 0 Å². The Kier molecular flexibility index (Phi) is 5.43. The number of nitrogens with zero attached hydrogens (tertiary/aromatic N) is 3. The van der Waals surface area contributed by atoms with Crippen LogP contribution in [0.3, 0.4) is 0 Å². The molecule has 0 atom stereocenters. The van der Waals surface area contributed by atoms with Crippen molar-refractivity contribution in [3.8, 4) is 0 Å². The van der Waals surface area contributed by atoms with Gasteiger partial charge in [0.1, 0.15) is 10.6 Å². The first-order valence-electron chi connectivity index (χ1n) is 8.33. The number of hydrogen-bond acceptors (Lipinski definition) is 4. The SMILES string of the molecule is CNS(=O)(=O)c1cc(C(=O)NCc2ccccc2Cn2cccn2)n(C)c1. The molecule has 0 unspecified atom stereocenters. The van der Waals surface area contributed by atoms with Gasteiger partial charge < -0.3 is 9.88 Å². The van der Waals surface area contributed by atoms with Gasteiger partial charge in [0.05, 0.1) is 6.54 Å². The summed E-state index contributed by atoms with van der Waals surface area (Å²) < 4.78 is 29.3. The van der Waals surface area contributed by atoms with Gasteiger partial charge in [-0.2, -0.15) is 5.10 Å². The number of nitrogens with one attached hydrogen (secondary N) is 2. The van der Waals surface area contributed by atoms with Crippen molar-refractivity contribution >= 4 is 15.9 Å². The van der Waals surface area contributed by atoms with Gasteiger partial charge in [0, 0.05) is 32.2 Å². The van der Waals surface area contributed by atoms with Crippen LogP contribution in [0, 0.1) is 0 Å². The van der Waals surface area contributed by atoms with Gasteiger partial charge in [-0.1, -0.05) is 24.3 Å². The molecule has 2 aromatic heterocycles. The number of aromatic nitrogens is 3. The van der Waals surface area contributed by atoms with Gasteiger partial charge in [0.2, 0.25) is 10.0 Å². The fraction of sp³-hybridized carbons (Fsp3) is 0.222. The summed E-state index contributed by atoms with van der Waals surface area (Å²) >= 11 is 0. The number of carbonyl (C=O) groups is 1.